The average molecular weight is 179 g/mol. The van der Waals surface area contributed by atoms with Gasteiger partial charge in [-0.05, 0) is 23.6 Å². The predicted octanol–water partition coefficient (Wildman–Crippen LogP) is 3.59. The molecule has 0 radical (unpaired) electrons. The molecule has 1 atom stereocenters. The Labute approximate surface area is 75.8 Å². The minimum atomic E-state index is -0.397. The smallest absolute Gasteiger partial charge is 0.126 e. The van der Waals surface area contributed by atoms with Gasteiger partial charge in [-0.15, -0.1) is 0 Å². The van der Waals surface area contributed by atoms with Gasteiger partial charge < -0.3 is 0 Å². The molecule has 0 bridgehead atoms. The molecule has 0 spiro atoms. The van der Waals surface area contributed by atoms with Crippen molar-refractivity contribution in [2.45, 2.75) is 19.4 Å². The molecule has 0 fully saturated rings. The third-order valence-corrected chi connectivity index (χ3v) is 1.84. The lowest BCUT2D eigenvalue weighted by atomic mass is 10.1. The summed E-state index contributed by atoms with van der Waals surface area (Å²) in [6, 6.07) is 5.95. The van der Waals surface area contributed by atoms with E-state index < -0.39 is 6.04 Å². The second-order valence-electron chi connectivity index (χ2n) is 2.65. The van der Waals surface area contributed by atoms with Crippen LogP contribution < -0.4 is 0 Å². The first-order valence-electron chi connectivity index (χ1n) is 4.08. The summed E-state index contributed by atoms with van der Waals surface area (Å²) in [6.07, 6.45) is 0.602. The fourth-order valence-corrected chi connectivity index (χ4v) is 1.17. The zero-order valence-electron chi connectivity index (χ0n) is 7.31. The van der Waals surface area contributed by atoms with E-state index in [1.54, 1.807) is 18.2 Å². The van der Waals surface area contributed by atoms with Crippen LogP contribution in [0.2, 0.25) is 0 Å². The molecule has 0 aliphatic rings. The van der Waals surface area contributed by atoms with Gasteiger partial charge in [0.2, 0.25) is 0 Å². The van der Waals surface area contributed by atoms with E-state index in [0.29, 0.717) is 12.0 Å². The van der Waals surface area contributed by atoms with Crippen molar-refractivity contribution in [3.8, 4) is 0 Å². The number of hydrogen-bond donors (Lipinski definition) is 0. The molecule has 0 amide bonds. The van der Waals surface area contributed by atoms with Crippen LogP contribution in [0.3, 0.4) is 0 Å². The number of benzene rings is 1. The second-order valence-corrected chi connectivity index (χ2v) is 2.65. The standard InChI is InChI=1S/C9H10FN3/c1-2-9(12-13-11)7-5-3-4-6-8(7)10/h3-6,9H,2H2,1H3/t9-/m0/s1. The monoisotopic (exact) mass is 179 g/mol. The van der Waals surface area contributed by atoms with Gasteiger partial charge in [0.05, 0.1) is 6.04 Å². The SMILES string of the molecule is CC[C@H](N=[N+]=[N-])c1ccccc1F. The summed E-state index contributed by atoms with van der Waals surface area (Å²) in [5.41, 5.74) is 8.72. The van der Waals surface area contributed by atoms with Crippen LogP contribution in [0.5, 0.6) is 0 Å². The Bertz CT molecular complexity index is 331. The van der Waals surface area contributed by atoms with Gasteiger partial charge in [0.1, 0.15) is 5.82 Å². The Morgan fingerprint density at radius 1 is 1.54 bits per heavy atom. The summed E-state index contributed by atoms with van der Waals surface area (Å²) in [5, 5.41) is 3.51. The topological polar surface area (TPSA) is 48.8 Å². The van der Waals surface area contributed by atoms with Crippen LogP contribution in [0, 0.1) is 5.82 Å². The minimum absolute atomic E-state index is 0.318. The molecule has 0 heterocycles. The predicted molar refractivity (Wildman–Crippen MR) is 48.6 cm³/mol. The number of nitrogens with zero attached hydrogens (tertiary/aromatic N) is 3. The molecule has 0 aliphatic carbocycles. The van der Waals surface area contributed by atoms with Crippen molar-refractivity contribution in [3.05, 3.63) is 46.1 Å². The van der Waals surface area contributed by atoms with Crippen molar-refractivity contribution in [1.82, 2.24) is 0 Å². The van der Waals surface area contributed by atoms with Crippen LogP contribution in [0.15, 0.2) is 29.4 Å². The van der Waals surface area contributed by atoms with E-state index in [2.05, 4.69) is 10.0 Å². The first kappa shape index (κ1) is 9.55. The maximum absolute atomic E-state index is 13.2. The first-order valence-corrected chi connectivity index (χ1v) is 4.08. The van der Waals surface area contributed by atoms with Gasteiger partial charge in [0, 0.05) is 4.91 Å². The quantitative estimate of drug-likeness (QED) is 0.387. The summed E-state index contributed by atoms with van der Waals surface area (Å²) in [7, 11) is 0. The van der Waals surface area contributed by atoms with Crippen molar-refractivity contribution >= 4 is 0 Å². The summed E-state index contributed by atoms with van der Waals surface area (Å²) in [5.74, 6) is -0.318. The van der Waals surface area contributed by atoms with Crippen LogP contribution in [0.4, 0.5) is 4.39 Å². The maximum atomic E-state index is 13.2. The van der Waals surface area contributed by atoms with Gasteiger partial charge in [-0.3, -0.25) is 0 Å². The maximum Gasteiger partial charge on any atom is 0.126 e. The highest BCUT2D eigenvalue weighted by Gasteiger charge is 2.10. The Kier molecular flexibility index (Phi) is 3.29. The van der Waals surface area contributed by atoms with Gasteiger partial charge in [-0.2, -0.15) is 0 Å². The molecular weight excluding hydrogens is 169 g/mol. The lowest BCUT2D eigenvalue weighted by molar-refractivity contribution is 0.574. The van der Waals surface area contributed by atoms with Gasteiger partial charge in [-0.25, -0.2) is 4.39 Å². The highest BCUT2D eigenvalue weighted by molar-refractivity contribution is 5.21. The van der Waals surface area contributed by atoms with E-state index in [0.717, 1.165) is 0 Å². The van der Waals surface area contributed by atoms with Crippen LogP contribution in [0.1, 0.15) is 24.9 Å². The van der Waals surface area contributed by atoms with Gasteiger partial charge in [0.15, 0.2) is 0 Å². The van der Waals surface area contributed by atoms with E-state index in [1.807, 2.05) is 6.92 Å². The van der Waals surface area contributed by atoms with Crippen LogP contribution >= 0.6 is 0 Å². The molecular formula is C9H10FN3. The molecule has 0 unspecified atom stereocenters. The number of halogens is 1. The van der Waals surface area contributed by atoms with E-state index in [1.165, 1.54) is 6.07 Å². The van der Waals surface area contributed by atoms with Crippen molar-refractivity contribution in [3.63, 3.8) is 0 Å². The molecule has 0 aliphatic heterocycles. The lowest BCUT2D eigenvalue weighted by Gasteiger charge is -2.08. The van der Waals surface area contributed by atoms with Crippen LogP contribution in [0.25, 0.3) is 10.4 Å². The van der Waals surface area contributed by atoms with E-state index in [4.69, 9.17) is 5.53 Å². The van der Waals surface area contributed by atoms with Crippen molar-refractivity contribution in [1.29, 1.82) is 0 Å². The van der Waals surface area contributed by atoms with Crippen molar-refractivity contribution < 1.29 is 4.39 Å². The molecule has 0 saturated heterocycles. The highest BCUT2D eigenvalue weighted by Crippen LogP contribution is 2.23. The molecule has 0 aromatic heterocycles. The minimum Gasteiger partial charge on any atom is -0.207 e. The lowest BCUT2D eigenvalue weighted by Crippen LogP contribution is -1.95. The Morgan fingerprint density at radius 2 is 2.23 bits per heavy atom. The zero-order chi connectivity index (χ0) is 9.68. The third kappa shape index (κ3) is 2.20. The zero-order valence-corrected chi connectivity index (χ0v) is 7.31. The molecule has 0 N–H and O–H groups in total. The van der Waals surface area contributed by atoms with E-state index >= 15 is 0 Å². The number of azide groups is 1. The largest absolute Gasteiger partial charge is 0.207 e. The number of rotatable bonds is 3. The Hall–Kier alpha value is -1.54. The van der Waals surface area contributed by atoms with E-state index in [-0.39, 0.29) is 5.82 Å². The molecule has 1 aromatic carbocycles. The Balaban J connectivity index is 3.04. The molecule has 13 heavy (non-hydrogen) atoms. The molecule has 0 saturated carbocycles. The number of hydrogen-bond acceptors (Lipinski definition) is 1. The molecule has 68 valence electrons. The van der Waals surface area contributed by atoms with E-state index in [9.17, 15) is 4.39 Å². The second kappa shape index (κ2) is 4.48. The van der Waals surface area contributed by atoms with Crippen LogP contribution in [-0.2, 0) is 0 Å². The van der Waals surface area contributed by atoms with Gasteiger partial charge in [-0.1, -0.05) is 30.2 Å². The molecule has 3 nitrogen and oxygen atoms in total. The first-order chi connectivity index (χ1) is 6.29. The summed E-state index contributed by atoms with van der Waals surface area (Å²) in [4.78, 5) is 2.68. The van der Waals surface area contributed by atoms with Gasteiger partial charge in [0.25, 0.3) is 0 Å². The molecule has 4 heteroatoms. The van der Waals surface area contributed by atoms with Crippen molar-refractivity contribution in [2.24, 2.45) is 5.11 Å². The molecule has 1 aromatic rings. The van der Waals surface area contributed by atoms with Gasteiger partial charge >= 0.3 is 0 Å². The Morgan fingerprint density at radius 3 is 2.77 bits per heavy atom. The fraction of sp³-hybridized carbons (Fsp3) is 0.333. The highest BCUT2D eigenvalue weighted by atomic mass is 19.1. The van der Waals surface area contributed by atoms with Crippen molar-refractivity contribution in [2.75, 3.05) is 0 Å². The van der Waals surface area contributed by atoms with Crippen LogP contribution in [-0.4, -0.2) is 0 Å². The summed E-state index contributed by atoms with van der Waals surface area (Å²) in [6.45, 7) is 1.85. The third-order valence-electron chi connectivity index (χ3n) is 1.84. The normalized spacial score (nSPS) is 11.8. The summed E-state index contributed by atoms with van der Waals surface area (Å²) >= 11 is 0. The average Bonchev–Trinajstić information content (AvgIpc) is 2.16. The fourth-order valence-electron chi connectivity index (χ4n) is 1.17. The summed E-state index contributed by atoms with van der Waals surface area (Å²) < 4.78 is 13.2. The molecule has 1 rings (SSSR count).